The van der Waals surface area contributed by atoms with E-state index in [9.17, 15) is 0 Å². The third-order valence-corrected chi connectivity index (χ3v) is 4.47. The summed E-state index contributed by atoms with van der Waals surface area (Å²) in [6.07, 6.45) is 5.73. The Kier molecular flexibility index (Phi) is 7.75. The maximum Gasteiger partial charge on any atom is 0.187 e. The molecular formula is C24H26IrN3-. The molecule has 28 heavy (non-hydrogen) atoms. The van der Waals surface area contributed by atoms with E-state index >= 15 is 0 Å². The first-order valence-electron chi connectivity index (χ1n) is 9.53. The number of benzene rings is 2. The molecule has 0 bridgehead atoms. The van der Waals surface area contributed by atoms with Crippen molar-refractivity contribution in [2.45, 2.75) is 40.5 Å². The van der Waals surface area contributed by atoms with E-state index in [1.54, 1.807) is 0 Å². The van der Waals surface area contributed by atoms with Gasteiger partial charge < -0.3 is 4.57 Å². The molecule has 3 nitrogen and oxygen atoms in total. The second-order valence-corrected chi connectivity index (χ2v) is 7.82. The molecule has 0 amide bonds. The van der Waals surface area contributed by atoms with Gasteiger partial charge >= 0.3 is 0 Å². The van der Waals surface area contributed by atoms with Crippen LogP contribution in [0.1, 0.15) is 38.8 Å². The van der Waals surface area contributed by atoms with E-state index in [0.717, 1.165) is 29.9 Å². The zero-order chi connectivity index (χ0) is 19.4. The second-order valence-electron chi connectivity index (χ2n) is 7.82. The van der Waals surface area contributed by atoms with Gasteiger partial charge in [0.15, 0.2) is 5.69 Å². The molecule has 2 aromatic carbocycles. The molecule has 0 aliphatic carbocycles. The average molecular weight is 549 g/mol. The number of nitrogens with zero attached hydrogens (tertiary/aromatic N) is 3. The van der Waals surface area contributed by atoms with E-state index in [1.165, 1.54) is 16.8 Å². The number of rotatable bonds is 6. The predicted molar refractivity (Wildman–Crippen MR) is 111 cm³/mol. The van der Waals surface area contributed by atoms with Crippen molar-refractivity contribution in [1.29, 1.82) is 0 Å². The van der Waals surface area contributed by atoms with Gasteiger partial charge in [-0.3, -0.25) is 4.98 Å². The molecule has 0 saturated carbocycles. The summed E-state index contributed by atoms with van der Waals surface area (Å²) in [5.74, 6) is 1.90. The van der Waals surface area contributed by atoms with Crippen LogP contribution < -0.4 is 0 Å². The number of imidazole rings is 1. The van der Waals surface area contributed by atoms with Crippen LogP contribution in [0.2, 0.25) is 0 Å². The largest absolute Gasteiger partial charge is 0.340 e. The molecule has 1 aromatic heterocycles. The minimum atomic E-state index is 0. The molecule has 0 aliphatic rings. The fraction of sp³-hybridized carbons (Fsp3) is 0.333. The standard InChI is InChI=1S/C24H26N3.Ir/c1-17(2)13-20-15-22(25-5)16-21(14-18(3)4)23(20)27-12-11-26-24(27)19-9-7-6-8-10-19;/h6-9,11-12,15-18H,13-14H2,1-4H3;/q-1;. The molecular weight excluding hydrogens is 523 g/mol. The molecule has 4 heteroatoms. The first-order valence-corrected chi connectivity index (χ1v) is 9.53. The maximum atomic E-state index is 7.52. The molecule has 1 heterocycles. The van der Waals surface area contributed by atoms with Crippen LogP contribution in [0, 0.1) is 24.5 Å². The van der Waals surface area contributed by atoms with Gasteiger partial charge in [-0.05, 0) is 35.8 Å². The summed E-state index contributed by atoms with van der Waals surface area (Å²) in [5, 5.41) is 0. The molecule has 0 saturated heterocycles. The van der Waals surface area contributed by atoms with Crippen LogP contribution in [0.4, 0.5) is 5.69 Å². The molecule has 0 N–H and O–H groups in total. The van der Waals surface area contributed by atoms with Gasteiger partial charge in [0, 0.05) is 38.2 Å². The molecule has 0 atom stereocenters. The van der Waals surface area contributed by atoms with Crippen molar-refractivity contribution >= 4 is 5.69 Å². The van der Waals surface area contributed by atoms with Crippen LogP contribution in [0.5, 0.6) is 0 Å². The minimum absolute atomic E-state index is 0. The Balaban J connectivity index is 0.00000280. The fourth-order valence-corrected chi connectivity index (χ4v) is 3.52. The zero-order valence-corrected chi connectivity index (χ0v) is 19.3. The Labute approximate surface area is 182 Å². The quantitative estimate of drug-likeness (QED) is 0.332. The Morgan fingerprint density at radius 2 is 1.71 bits per heavy atom. The second kappa shape index (κ2) is 9.82. The number of aromatic nitrogens is 2. The zero-order valence-electron chi connectivity index (χ0n) is 16.9. The van der Waals surface area contributed by atoms with E-state index in [4.69, 9.17) is 6.57 Å². The van der Waals surface area contributed by atoms with Crippen molar-refractivity contribution in [1.82, 2.24) is 9.55 Å². The minimum Gasteiger partial charge on any atom is -0.340 e. The van der Waals surface area contributed by atoms with E-state index in [0.29, 0.717) is 11.8 Å². The van der Waals surface area contributed by atoms with E-state index < -0.39 is 0 Å². The van der Waals surface area contributed by atoms with Crippen molar-refractivity contribution in [3.63, 3.8) is 0 Å². The molecule has 147 valence electrons. The smallest absolute Gasteiger partial charge is 0.187 e. The van der Waals surface area contributed by atoms with Crippen molar-refractivity contribution < 1.29 is 20.1 Å². The normalized spacial score (nSPS) is 10.8. The third kappa shape index (κ3) is 4.98. The van der Waals surface area contributed by atoms with Gasteiger partial charge in [0.25, 0.3) is 0 Å². The van der Waals surface area contributed by atoms with Crippen molar-refractivity contribution in [2.75, 3.05) is 0 Å². The molecule has 3 rings (SSSR count). The monoisotopic (exact) mass is 549 g/mol. The maximum absolute atomic E-state index is 7.52. The van der Waals surface area contributed by atoms with Gasteiger partial charge in [-0.25, -0.2) is 4.85 Å². The summed E-state index contributed by atoms with van der Waals surface area (Å²) >= 11 is 0. The first-order chi connectivity index (χ1) is 13.0. The van der Waals surface area contributed by atoms with Crippen LogP contribution in [0.15, 0.2) is 48.8 Å². The first kappa shape index (κ1) is 22.1. The Hall–Kier alpha value is -2.21. The van der Waals surface area contributed by atoms with Gasteiger partial charge in [-0.2, -0.15) is 0 Å². The summed E-state index contributed by atoms with van der Waals surface area (Å²) < 4.78 is 2.18. The molecule has 0 spiro atoms. The summed E-state index contributed by atoms with van der Waals surface area (Å²) in [4.78, 5) is 8.35. The Morgan fingerprint density at radius 3 is 2.21 bits per heavy atom. The van der Waals surface area contributed by atoms with Crippen molar-refractivity contribution in [2.24, 2.45) is 11.8 Å². The third-order valence-electron chi connectivity index (χ3n) is 4.47. The van der Waals surface area contributed by atoms with Gasteiger partial charge in [0.2, 0.25) is 0 Å². The summed E-state index contributed by atoms with van der Waals surface area (Å²) in [6, 6.07) is 15.3. The van der Waals surface area contributed by atoms with Crippen LogP contribution in [-0.4, -0.2) is 9.55 Å². The van der Waals surface area contributed by atoms with Crippen molar-refractivity contribution in [3.8, 4) is 17.1 Å². The van der Waals surface area contributed by atoms with Gasteiger partial charge in [0.1, 0.15) is 0 Å². The van der Waals surface area contributed by atoms with Gasteiger partial charge in [-0.1, -0.05) is 39.8 Å². The van der Waals surface area contributed by atoms with E-state index in [-0.39, 0.29) is 20.1 Å². The fourth-order valence-electron chi connectivity index (χ4n) is 3.52. The summed E-state index contributed by atoms with van der Waals surface area (Å²) in [7, 11) is 0. The average Bonchev–Trinajstić information content (AvgIpc) is 3.10. The Bertz CT molecular complexity index is 918. The predicted octanol–water partition coefficient (Wildman–Crippen LogP) is 6.28. The van der Waals surface area contributed by atoms with E-state index in [2.05, 4.69) is 48.2 Å². The molecule has 0 fully saturated rings. The van der Waals surface area contributed by atoms with Gasteiger partial charge in [-0.15, -0.1) is 35.9 Å². The molecule has 3 aromatic rings. The number of hydrogen-bond acceptors (Lipinski definition) is 1. The SMILES string of the molecule is [C-]#[N+]c1cc(CC(C)C)c(-n2ccnc2-c2[c-]cccc2)c(CC(C)C)c1.[Ir]. The topological polar surface area (TPSA) is 22.2 Å². The molecule has 1 radical (unpaired) electrons. The van der Waals surface area contributed by atoms with Gasteiger partial charge in [0.05, 0.1) is 12.4 Å². The number of hydrogen-bond donors (Lipinski definition) is 0. The van der Waals surface area contributed by atoms with Crippen molar-refractivity contribution in [3.05, 3.63) is 77.4 Å². The van der Waals surface area contributed by atoms with E-state index in [1.807, 2.05) is 48.8 Å². The Morgan fingerprint density at radius 1 is 1.07 bits per heavy atom. The summed E-state index contributed by atoms with van der Waals surface area (Å²) in [5.41, 5.74) is 5.30. The van der Waals surface area contributed by atoms with Crippen LogP contribution in [-0.2, 0) is 32.9 Å². The molecule has 0 unspecified atom stereocenters. The van der Waals surface area contributed by atoms with Crippen LogP contribution in [0.25, 0.3) is 21.9 Å². The summed E-state index contributed by atoms with van der Waals surface area (Å²) in [6.45, 7) is 16.4. The van der Waals surface area contributed by atoms with Crippen LogP contribution >= 0.6 is 0 Å². The van der Waals surface area contributed by atoms with Crippen LogP contribution in [0.3, 0.4) is 0 Å². The molecule has 0 aliphatic heterocycles.